The Morgan fingerprint density at radius 2 is 1.97 bits per heavy atom. The highest BCUT2D eigenvalue weighted by Crippen LogP contribution is 2.31. The lowest BCUT2D eigenvalue weighted by molar-refractivity contribution is -0.137. The van der Waals surface area contributed by atoms with Crippen LogP contribution in [0.3, 0.4) is 0 Å². The minimum atomic E-state index is -3.66. The van der Waals surface area contributed by atoms with Crippen LogP contribution in [0.1, 0.15) is 6.42 Å². The number of rotatable bonds is 5. The van der Waals surface area contributed by atoms with Gasteiger partial charge in [0, 0.05) is 42.3 Å². The van der Waals surface area contributed by atoms with Gasteiger partial charge in [-0.05, 0) is 36.1 Å². The predicted molar refractivity (Wildman–Crippen MR) is 115 cm³/mol. The summed E-state index contributed by atoms with van der Waals surface area (Å²) in [4.78, 5) is 14.5. The Balaban J connectivity index is 1.40. The maximum atomic E-state index is 14.6. The van der Waals surface area contributed by atoms with Gasteiger partial charge in [-0.15, -0.1) is 11.3 Å². The van der Waals surface area contributed by atoms with Crippen LogP contribution in [0, 0.1) is 11.7 Å². The number of piperazine rings is 1. The number of amides is 1. The molecule has 4 rings (SSSR count). The summed E-state index contributed by atoms with van der Waals surface area (Å²) in [7, 11) is -3.66. The van der Waals surface area contributed by atoms with E-state index in [1.54, 1.807) is 11.5 Å². The van der Waals surface area contributed by atoms with Crippen LogP contribution in [0.25, 0.3) is 10.4 Å². The van der Waals surface area contributed by atoms with Gasteiger partial charge >= 0.3 is 0 Å². The van der Waals surface area contributed by atoms with Crippen molar-refractivity contribution >= 4 is 33.0 Å². The molecule has 168 valence electrons. The lowest BCUT2D eigenvalue weighted by Gasteiger charge is -2.38. The number of ether oxygens (including phenoxy) is 1. The van der Waals surface area contributed by atoms with Crippen molar-refractivity contribution in [2.75, 3.05) is 44.3 Å². The van der Waals surface area contributed by atoms with E-state index in [9.17, 15) is 17.6 Å². The molecule has 11 heteroatoms. The van der Waals surface area contributed by atoms with Crippen LogP contribution in [0.4, 0.5) is 10.1 Å². The van der Waals surface area contributed by atoms with Crippen LogP contribution in [-0.4, -0.2) is 68.5 Å². The van der Waals surface area contributed by atoms with Crippen LogP contribution >= 0.6 is 11.3 Å². The SMILES string of the molecule is O=C(NO)C1COCC(S(=O)(=O)N2CCN(c3ccc(-c4cccs4)c(F)c3)CC2)C1. The van der Waals surface area contributed by atoms with Crippen molar-refractivity contribution in [3.05, 3.63) is 41.5 Å². The molecule has 2 atom stereocenters. The number of nitrogens with one attached hydrogen (secondary N) is 1. The van der Waals surface area contributed by atoms with Gasteiger partial charge in [-0.1, -0.05) is 6.07 Å². The summed E-state index contributed by atoms with van der Waals surface area (Å²) >= 11 is 1.48. The Morgan fingerprint density at radius 1 is 1.19 bits per heavy atom. The monoisotopic (exact) mass is 469 g/mol. The molecule has 2 aliphatic rings. The highest BCUT2D eigenvalue weighted by Gasteiger charge is 2.39. The highest BCUT2D eigenvalue weighted by atomic mass is 32.2. The summed E-state index contributed by atoms with van der Waals surface area (Å²) in [5, 5.41) is 9.87. The van der Waals surface area contributed by atoms with Gasteiger partial charge in [0.25, 0.3) is 0 Å². The molecular weight excluding hydrogens is 445 g/mol. The van der Waals surface area contributed by atoms with Crippen LogP contribution < -0.4 is 10.4 Å². The van der Waals surface area contributed by atoms with E-state index in [0.29, 0.717) is 18.7 Å². The number of hydrogen-bond acceptors (Lipinski definition) is 7. The molecule has 8 nitrogen and oxygen atoms in total. The van der Waals surface area contributed by atoms with E-state index < -0.39 is 27.1 Å². The van der Waals surface area contributed by atoms with E-state index >= 15 is 0 Å². The molecule has 0 bridgehead atoms. The van der Waals surface area contributed by atoms with E-state index in [1.165, 1.54) is 21.7 Å². The van der Waals surface area contributed by atoms with Gasteiger partial charge in [-0.3, -0.25) is 10.0 Å². The van der Waals surface area contributed by atoms with E-state index in [-0.39, 0.29) is 38.5 Å². The number of halogens is 1. The molecule has 2 aliphatic heterocycles. The fraction of sp³-hybridized carbons (Fsp3) is 0.450. The van der Waals surface area contributed by atoms with E-state index in [2.05, 4.69) is 0 Å². The van der Waals surface area contributed by atoms with Gasteiger partial charge in [0.15, 0.2) is 0 Å². The molecule has 2 N–H and O–H groups in total. The number of anilines is 1. The van der Waals surface area contributed by atoms with Crippen LogP contribution in [0.15, 0.2) is 35.7 Å². The predicted octanol–water partition coefficient (Wildman–Crippen LogP) is 1.92. The second kappa shape index (κ2) is 9.21. The molecule has 3 heterocycles. The third-order valence-electron chi connectivity index (χ3n) is 5.78. The van der Waals surface area contributed by atoms with Crippen LogP contribution in [0.2, 0.25) is 0 Å². The van der Waals surface area contributed by atoms with Gasteiger partial charge in [-0.25, -0.2) is 18.3 Å². The molecule has 0 aliphatic carbocycles. The van der Waals surface area contributed by atoms with E-state index in [4.69, 9.17) is 9.94 Å². The van der Waals surface area contributed by atoms with Gasteiger partial charge < -0.3 is 9.64 Å². The molecule has 31 heavy (non-hydrogen) atoms. The highest BCUT2D eigenvalue weighted by molar-refractivity contribution is 7.89. The Labute approximate surface area is 184 Å². The largest absolute Gasteiger partial charge is 0.379 e. The Hall–Kier alpha value is -2.05. The number of hydrogen-bond donors (Lipinski definition) is 2. The molecule has 2 fully saturated rings. The second-order valence-electron chi connectivity index (χ2n) is 7.64. The van der Waals surface area contributed by atoms with Crippen LogP contribution in [-0.2, 0) is 19.6 Å². The summed E-state index contributed by atoms with van der Waals surface area (Å²) < 4.78 is 47.4. The second-order valence-corrected chi connectivity index (χ2v) is 10.8. The summed E-state index contributed by atoms with van der Waals surface area (Å²) in [5.74, 6) is -1.65. The Bertz CT molecular complexity index is 1020. The molecule has 2 aromatic rings. The van der Waals surface area contributed by atoms with Crippen molar-refractivity contribution in [3.63, 3.8) is 0 Å². The number of carbonyl (C=O) groups excluding carboxylic acids is 1. The van der Waals surface area contributed by atoms with Gasteiger partial charge in [0.05, 0.1) is 24.4 Å². The molecule has 1 aromatic carbocycles. The first-order valence-corrected chi connectivity index (χ1v) is 12.4. The van der Waals surface area contributed by atoms with Gasteiger partial charge in [0.1, 0.15) is 5.82 Å². The molecule has 0 saturated carbocycles. The number of sulfonamides is 1. The Kier molecular flexibility index (Phi) is 6.58. The van der Waals surface area contributed by atoms with E-state index in [0.717, 1.165) is 10.6 Å². The number of hydroxylamine groups is 1. The summed E-state index contributed by atoms with van der Waals surface area (Å²) in [6.07, 6.45) is 0.102. The fourth-order valence-corrected chi connectivity index (χ4v) is 6.61. The molecule has 1 amide bonds. The lowest BCUT2D eigenvalue weighted by atomic mass is 10.0. The van der Waals surface area contributed by atoms with Crippen molar-refractivity contribution in [2.45, 2.75) is 11.7 Å². The van der Waals surface area contributed by atoms with E-state index in [1.807, 2.05) is 28.5 Å². The Morgan fingerprint density at radius 3 is 2.61 bits per heavy atom. The third-order valence-corrected chi connectivity index (χ3v) is 8.93. The maximum absolute atomic E-state index is 14.6. The number of thiophene rings is 1. The van der Waals surface area contributed by atoms with Crippen LogP contribution in [0.5, 0.6) is 0 Å². The van der Waals surface area contributed by atoms with Crippen molar-refractivity contribution in [1.82, 2.24) is 9.79 Å². The standard InChI is InChI=1S/C20H24FN3O5S2/c21-18-11-15(3-4-17(18)19-2-1-9-30-19)23-5-7-24(8-6-23)31(27,28)16-10-14(12-29-13-16)20(25)22-26/h1-4,9,11,14,16,26H,5-8,10,12-13H2,(H,22,25). The zero-order chi connectivity index (χ0) is 22.0. The first-order chi connectivity index (χ1) is 14.9. The normalized spacial score (nSPS) is 23.0. The molecule has 0 spiro atoms. The molecule has 1 aromatic heterocycles. The quantitative estimate of drug-likeness (QED) is 0.513. The molecule has 0 radical (unpaired) electrons. The average molecular weight is 470 g/mol. The van der Waals surface area contributed by atoms with Crippen molar-refractivity contribution < 1.29 is 27.5 Å². The summed E-state index contributed by atoms with van der Waals surface area (Å²) in [5.41, 5.74) is 2.84. The molecular formula is C20H24FN3O5S2. The van der Waals surface area contributed by atoms with Gasteiger partial charge in [-0.2, -0.15) is 4.31 Å². The smallest absolute Gasteiger partial charge is 0.248 e. The maximum Gasteiger partial charge on any atom is 0.248 e. The minimum absolute atomic E-state index is 0.0210. The van der Waals surface area contributed by atoms with Crippen molar-refractivity contribution in [2.24, 2.45) is 5.92 Å². The number of carbonyl (C=O) groups is 1. The minimum Gasteiger partial charge on any atom is -0.379 e. The number of benzene rings is 1. The topological polar surface area (TPSA) is 99.2 Å². The van der Waals surface area contributed by atoms with Gasteiger partial charge in [0.2, 0.25) is 15.9 Å². The third kappa shape index (κ3) is 4.60. The first kappa shape index (κ1) is 22.2. The summed E-state index contributed by atoms with van der Waals surface area (Å²) in [6, 6.07) is 8.85. The lowest BCUT2D eigenvalue weighted by Crippen LogP contribution is -2.53. The zero-order valence-corrected chi connectivity index (χ0v) is 18.4. The first-order valence-electron chi connectivity index (χ1n) is 9.99. The fourth-order valence-electron chi connectivity index (χ4n) is 4.02. The van der Waals surface area contributed by atoms with Crippen molar-refractivity contribution in [3.8, 4) is 10.4 Å². The molecule has 2 saturated heterocycles. The number of nitrogens with zero attached hydrogens (tertiary/aromatic N) is 2. The average Bonchev–Trinajstić information content (AvgIpc) is 3.33. The zero-order valence-electron chi connectivity index (χ0n) is 16.7. The summed E-state index contributed by atoms with van der Waals surface area (Å²) in [6.45, 7) is 1.51. The molecule has 2 unspecified atom stereocenters. The van der Waals surface area contributed by atoms with Crippen molar-refractivity contribution in [1.29, 1.82) is 0 Å².